The van der Waals surface area contributed by atoms with Gasteiger partial charge in [0.1, 0.15) is 0 Å². The average molecular weight is 151 g/mol. The second kappa shape index (κ2) is 3.55. The van der Waals surface area contributed by atoms with E-state index in [0.717, 1.165) is 5.69 Å². The maximum absolute atomic E-state index is 10.3. The van der Waals surface area contributed by atoms with Gasteiger partial charge in [-0.2, -0.15) is 0 Å². The molecule has 0 bridgehead atoms. The number of carbonyl (C=O) groups is 1. The number of primary amides is 1. The van der Waals surface area contributed by atoms with Gasteiger partial charge in [0.05, 0.1) is 12.2 Å². The number of rotatable bonds is 3. The summed E-state index contributed by atoms with van der Waals surface area (Å²) in [7, 11) is 0. The summed E-state index contributed by atoms with van der Waals surface area (Å²) in [5, 5.41) is 2.81. The van der Waals surface area contributed by atoms with Crippen molar-refractivity contribution in [3.63, 3.8) is 0 Å². The van der Waals surface area contributed by atoms with Gasteiger partial charge in [-0.3, -0.25) is 9.78 Å². The molecule has 3 N–H and O–H groups in total. The van der Waals surface area contributed by atoms with Crippen molar-refractivity contribution in [3.8, 4) is 0 Å². The summed E-state index contributed by atoms with van der Waals surface area (Å²) in [6.45, 7) is 0.145. The Balaban J connectivity index is 2.45. The minimum Gasteiger partial charge on any atom is -0.375 e. The first kappa shape index (κ1) is 7.53. The summed E-state index contributed by atoms with van der Waals surface area (Å²) >= 11 is 0. The van der Waals surface area contributed by atoms with E-state index in [-0.39, 0.29) is 12.5 Å². The summed E-state index contributed by atoms with van der Waals surface area (Å²) in [6, 6.07) is 3.60. The van der Waals surface area contributed by atoms with Gasteiger partial charge in [-0.05, 0) is 12.1 Å². The lowest BCUT2D eigenvalue weighted by molar-refractivity contribution is -0.116. The van der Waals surface area contributed by atoms with Crippen LogP contribution in [0.5, 0.6) is 0 Å². The van der Waals surface area contributed by atoms with E-state index in [4.69, 9.17) is 5.73 Å². The number of nitrogens with one attached hydrogen (secondary N) is 1. The molecule has 0 spiro atoms. The molecule has 58 valence electrons. The van der Waals surface area contributed by atoms with Gasteiger partial charge < -0.3 is 11.1 Å². The topological polar surface area (TPSA) is 68.0 Å². The highest BCUT2D eigenvalue weighted by atomic mass is 16.1. The van der Waals surface area contributed by atoms with Gasteiger partial charge in [0, 0.05) is 12.4 Å². The smallest absolute Gasteiger partial charge is 0.236 e. The zero-order chi connectivity index (χ0) is 8.10. The van der Waals surface area contributed by atoms with E-state index in [0.29, 0.717) is 0 Å². The molecule has 1 heterocycles. The van der Waals surface area contributed by atoms with Crippen LogP contribution in [0.3, 0.4) is 0 Å². The average Bonchev–Trinajstić information content (AvgIpc) is 2.03. The Morgan fingerprint density at radius 1 is 1.73 bits per heavy atom. The molecular weight excluding hydrogens is 142 g/mol. The first-order valence-electron chi connectivity index (χ1n) is 3.21. The second-order valence-corrected chi connectivity index (χ2v) is 2.06. The molecule has 0 aliphatic rings. The van der Waals surface area contributed by atoms with E-state index in [1.165, 1.54) is 0 Å². The minimum absolute atomic E-state index is 0.145. The molecule has 0 aliphatic heterocycles. The number of hydrogen-bond donors (Lipinski definition) is 2. The molecule has 1 aromatic rings. The highest BCUT2D eigenvalue weighted by molar-refractivity contribution is 5.78. The molecular formula is C7H9N3O. The SMILES string of the molecule is NC(=O)CNc1cccnc1. The molecule has 0 unspecified atom stereocenters. The highest BCUT2D eigenvalue weighted by Crippen LogP contribution is 2.00. The van der Waals surface area contributed by atoms with Crippen molar-refractivity contribution < 1.29 is 4.79 Å². The van der Waals surface area contributed by atoms with Gasteiger partial charge in [-0.25, -0.2) is 0 Å². The van der Waals surface area contributed by atoms with Crippen molar-refractivity contribution in [3.05, 3.63) is 24.5 Å². The Bertz CT molecular complexity index is 235. The fraction of sp³-hybridized carbons (Fsp3) is 0.143. The summed E-state index contributed by atoms with van der Waals surface area (Å²) in [4.78, 5) is 14.2. The fourth-order valence-electron chi connectivity index (χ4n) is 0.657. The third kappa shape index (κ3) is 2.66. The van der Waals surface area contributed by atoms with Gasteiger partial charge >= 0.3 is 0 Å². The monoisotopic (exact) mass is 151 g/mol. The normalized spacial score (nSPS) is 9.09. The number of amides is 1. The van der Waals surface area contributed by atoms with Gasteiger partial charge in [0.25, 0.3) is 0 Å². The zero-order valence-corrected chi connectivity index (χ0v) is 5.95. The molecule has 0 aromatic carbocycles. The number of nitrogens with two attached hydrogens (primary N) is 1. The summed E-state index contributed by atoms with van der Waals surface area (Å²) in [6.07, 6.45) is 3.29. The lowest BCUT2D eigenvalue weighted by Crippen LogP contribution is -2.21. The summed E-state index contributed by atoms with van der Waals surface area (Å²) in [5.74, 6) is -0.381. The largest absolute Gasteiger partial charge is 0.375 e. The molecule has 0 atom stereocenters. The quantitative estimate of drug-likeness (QED) is 0.637. The predicted octanol–water partition coefficient (Wildman–Crippen LogP) is -0.0212. The molecule has 0 fully saturated rings. The van der Waals surface area contributed by atoms with E-state index in [1.807, 2.05) is 6.07 Å². The van der Waals surface area contributed by atoms with E-state index < -0.39 is 0 Å². The Morgan fingerprint density at radius 2 is 2.55 bits per heavy atom. The van der Waals surface area contributed by atoms with Crippen LogP contribution >= 0.6 is 0 Å². The van der Waals surface area contributed by atoms with Crippen LogP contribution in [0.15, 0.2) is 24.5 Å². The number of pyridine rings is 1. The van der Waals surface area contributed by atoms with Crippen LogP contribution in [0, 0.1) is 0 Å². The maximum atomic E-state index is 10.3. The van der Waals surface area contributed by atoms with Crippen LogP contribution < -0.4 is 11.1 Å². The predicted molar refractivity (Wildman–Crippen MR) is 41.9 cm³/mol. The number of anilines is 1. The fourth-order valence-corrected chi connectivity index (χ4v) is 0.657. The van der Waals surface area contributed by atoms with Crippen LogP contribution in [-0.4, -0.2) is 17.4 Å². The van der Waals surface area contributed by atoms with Crippen molar-refractivity contribution >= 4 is 11.6 Å². The molecule has 0 saturated heterocycles. The van der Waals surface area contributed by atoms with Gasteiger partial charge in [0.2, 0.25) is 5.91 Å². The van der Waals surface area contributed by atoms with Crippen LogP contribution in [-0.2, 0) is 4.79 Å². The lowest BCUT2D eigenvalue weighted by Gasteiger charge is -2.00. The van der Waals surface area contributed by atoms with Crippen LogP contribution in [0.25, 0.3) is 0 Å². The van der Waals surface area contributed by atoms with Crippen molar-refractivity contribution in [2.75, 3.05) is 11.9 Å². The highest BCUT2D eigenvalue weighted by Gasteiger charge is 1.92. The van der Waals surface area contributed by atoms with Gasteiger partial charge in [-0.1, -0.05) is 0 Å². The van der Waals surface area contributed by atoms with Crippen molar-refractivity contribution in [2.45, 2.75) is 0 Å². The Hall–Kier alpha value is -1.58. The number of aromatic nitrogens is 1. The minimum atomic E-state index is -0.381. The Labute approximate surface area is 64.4 Å². The number of carbonyl (C=O) groups excluding carboxylic acids is 1. The van der Waals surface area contributed by atoms with Crippen LogP contribution in [0.2, 0.25) is 0 Å². The molecule has 1 amide bonds. The molecule has 11 heavy (non-hydrogen) atoms. The van der Waals surface area contributed by atoms with Crippen molar-refractivity contribution in [1.82, 2.24) is 4.98 Å². The maximum Gasteiger partial charge on any atom is 0.236 e. The third-order valence-corrected chi connectivity index (χ3v) is 1.13. The van der Waals surface area contributed by atoms with E-state index in [9.17, 15) is 4.79 Å². The first-order chi connectivity index (χ1) is 5.29. The molecule has 1 rings (SSSR count). The Morgan fingerprint density at radius 3 is 3.09 bits per heavy atom. The first-order valence-corrected chi connectivity index (χ1v) is 3.21. The van der Waals surface area contributed by atoms with Crippen LogP contribution in [0.1, 0.15) is 0 Å². The van der Waals surface area contributed by atoms with Crippen molar-refractivity contribution in [1.29, 1.82) is 0 Å². The number of nitrogens with zero attached hydrogens (tertiary/aromatic N) is 1. The lowest BCUT2D eigenvalue weighted by atomic mass is 10.4. The van der Waals surface area contributed by atoms with E-state index in [2.05, 4.69) is 10.3 Å². The molecule has 0 radical (unpaired) electrons. The van der Waals surface area contributed by atoms with Crippen LogP contribution in [0.4, 0.5) is 5.69 Å². The molecule has 4 nitrogen and oxygen atoms in total. The second-order valence-electron chi connectivity index (χ2n) is 2.06. The standard InChI is InChI=1S/C7H9N3O/c8-7(11)5-10-6-2-1-3-9-4-6/h1-4,10H,5H2,(H2,8,11). The molecule has 0 saturated carbocycles. The molecule has 1 aromatic heterocycles. The Kier molecular flexibility index (Phi) is 2.43. The van der Waals surface area contributed by atoms with Gasteiger partial charge in [-0.15, -0.1) is 0 Å². The summed E-state index contributed by atoms with van der Waals surface area (Å²) in [5.41, 5.74) is 5.72. The number of hydrogen-bond acceptors (Lipinski definition) is 3. The van der Waals surface area contributed by atoms with E-state index in [1.54, 1.807) is 18.5 Å². The van der Waals surface area contributed by atoms with Crippen molar-refractivity contribution in [2.24, 2.45) is 5.73 Å². The summed E-state index contributed by atoms with van der Waals surface area (Å²) < 4.78 is 0. The van der Waals surface area contributed by atoms with E-state index >= 15 is 0 Å². The zero-order valence-electron chi connectivity index (χ0n) is 5.95. The molecule has 0 aliphatic carbocycles. The van der Waals surface area contributed by atoms with Gasteiger partial charge in [0.15, 0.2) is 0 Å². The third-order valence-electron chi connectivity index (χ3n) is 1.13. The molecule has 4 heteroatoms.